The van der Waals surface area contributed by atoms with Crippen LogP contribution in [0.25, 0.3) is 11.1 Å². The van der Waals surface area contributed by atoms with Gasteiger partial charge < -0.3 is 14.8 Å². The van der Waals surface area contributed by atoms with E-state index in [1.54, 1.807) is 20.4 Å². The molecule has 0 saturated carbocycles. The Kier molecular flexibility index (Phi) is 4.89. The molecule has 2 rings (SSSR count). The van der Waals surface area contributed by atoms with Crippen LogP contribution < -0.4 is 14.8 Å². The highest BCUT2D eigenvalue weighted by molar-refractivity contribution is 5.97. The predicted octanol–water partition coefficient (Wildman–Crippen LogP) is 3.75. The number of nitrogens with one attached hydrogen (secondary N) is 1. The zero-order chi connectivity index (χ0) is 17.0. The van der Waals surface area contributed by atoms with Crippen molar-refractivity contribution >= 4 is 11.7 Å². The second kappa shape index (κ2) is 6.69. The second-order valence-corrected chi connectivity index (χ2v) is 6.17. The summed E-state index contributed by atoms with van der Waals surface area (Å²) in [6, 6.07) is 9.34. The van der Waals surface area contributed by atoms with E-state index in [1.165, 1.54) is 0 Å². The summed E-state index contributed by atoms with van der Waals surface area (Å²) in [5.41, 5.74) is 1.22. The third-order valence-corrected chi connectivity index (χ3v) is 3.42. The van der Waals surface area contributed by atoms with E-state index in [1.807, 2.05) is 51.1 Å². The summed E-state index contributed by atoms with van der Waals surface area (Å²) >= 11 is 0. The Balaban J connectivity index is 2.43. The van der Waals surface area contributed by atoms with E-state index in [9.17, 15) is 4.79 Å². The van der Waals surface area contributed by atoms with Gasteiger partial charge in [-0.1, -0.05) is 26.8 Å². The first-order chi connectivity index (χ1) is 10.9. The van der Waals surface area contributed by atoms with Crippen molar-refractivity contribution in [3.63, 3.8) is 0 Å². The highest BCUT2D eigenvalue weighted by atomic mass is 16.5. The lowest BCUT2D eigenvalue weighted by Crippen LogP contribution is -2.28. The zero-order valence-corrected chi connectivity index (χ0v) is 14.1. The van der Waals surface area contributed by atoms with Gasteiger partial charge in [0.05, 0.1) is 14.2 Å². The summed E-state index contributed by atoms with van der Waals surface area (Å²) in [6.45, 7) is 5.59. The van der Waals surface area contributed by atoms with Crippen LogP contribution in [-0.4, -0.2) is 25.1 Å². The second-order valence-electron chi connectivity index (χ2n) is 6.17. The normalized spacial score (nSPS) is 11.0. The fraction of sp³-hybridized carbons (Fsp3) is 0.333. The molecule has 0 fully saturated rings. The number of aromatic nitrogens is 1. The van der Waals surface area contributed by atoms with Crippen LogP contribution >= 0.6 is 0 Å². The largest absolute Gasteiger partial charge is 0.493 e. The van der Waals surface area contributed by atoms with Crippen molar-refractivity contribution in [3.05, 3.63) is 36.5 Å². The van der Waals surface area contributed by atoms with Crippen LogP contribution in [0, 0.1) is 5.41 Å². The van der Waals surface area contributed by atoms with Crippen LogP contribution in [0.2, 0.25) is 0 Å². The molecule has 0 radical (unpaired) electrons. The number of amides is 1. The number of benzene rings is 1. The Morgan fingerprint density at radius 3 is 2.39 bits per heavy atom. The van der Waals surface area contributed by atoms with Crippen LogP contribution in [-0.2, 0) is 4.79 Å². The topological polar surface area (TPSA) is 60.5 Å². The van der Waals surface area contributed by atoms with Crippen molar-refractivity contribution in [2.75, 3.05) is 19.5 Å². The molecule has 1 aromatic heterocycles. The summed E-state index contributed by atoms with van der Waals surface area (Å²) in [5, 5.41) is 2.89. The van der Waals surface area contributed by atoms with Crippen molar-refractivity contribution in [2.45, 2.75) is 20.8 Å². The number of pyridine rings is 1. The number of anilines is 1. The minimum atomic E-state index is -0.494. The van der Waals surface area contributed by atoms with Gasteiger partial charge in [0, 0.05) is 17.2 Å². The predicted molar refractivity (Wildman–Crippen MR) is 90.9 cm³/mol. The van der Waals surface area contributed by atoms with Crippen molar-refractivity contribution in [1.29, 1.82) is 0 Å². The van der Waals surface area contributed by atoms with Gasteiger partial charge >= 0.3 is 0 Å². The fourth-order valence-electron chi connectivity index (χ4n) is 2.04. The Bertz CT molecular complexity index is 706. The summed E-state index contributed by atoms with van der Waals surface area (Å²) in [7, 11) is 3.18. The maximum absolute atomic E-state index is 12.2. The van der Waals surface area contributed by atoms with E-state index in [0.717, 1.165) is 11.1 Å². The van der Waals surface area contributed by atoms with E-state index >= 15 is 0 Å². The number of rotatable bonds is 4. The van der Waals surface area contributed by atoms with E-state index in [4.69, 9.17) is 9.47 Å². The molecule has 5 heteroatoms. The maximum Gasteiger partial charge on any atom is 0.230 e. The van der Waals surface area contributed by atoms with E-state index in [0.29, 0.717) is 17.3 Å². The van der Waals surface area contributed by atoms with E-state index in [-0.39, 0.29) is 5.91 Å². The Morgan fingerprint density at radius 1 is 1.09 bits per heavy atom. The first kappa shape index (κ1) is 16.8. The van der Waals surface area contributed by atoms with Crippen LogP contribution in [0.1, 0.15) is 20.8 Å². The van der Waals surface area contributed by atoms with E-state index in [2.05, 4.69) is 10.3 Å². The molecule has 1 aromatic carbocycles. The summed E-state index contributed by atoms with van der Waals surface area (Å²) in [4.78, 5) is 16.5. The number of carbonyl (C=O) groups excluding carboxylic acids is 1. The molecule has 0 aliphatic carbocycles. The van der Waals surface area contributed by atoms with Crippen LogP contribution in [0.4, 0.5) is 5.82 Å². The number of ether oxygens (including phenoxy) is 2. The highest BCUT2D eigenvalue weighted by Crippen LogP contribution is 2.34. The first-order valence-electron chi connectivity index (χ1n) is 7.35. The Labute approximate surface area is 136 Å². The van der Waals surface area contributed by atoms with Crippen LogP contribution in [0.15, 0.2) is 36.5 Å². The average Bonchev–Trinajstić information content (AvgIpc) is 2.53. The standard InChI is InChI=1S/C18H22N2O3/c1-18(2,3)17(21)20-16-13(7-6-10-19-16)12-8-9-14(22-4)15(11-12)23-5/h6-11H,1-5H3,(H,19,20,21). The van der Waals surface area contributed by atoms with Crippen molar-refractivity contribution in [2.24, 2.45) is 5.41 Å². The van der Waals surface area contributed by atoms with Gasteiger partial charge in [0.15, 0.2) is 11.5 Å². The Morgan fingerprint density at radius 2 is 1.78 bits per heavy atom. The molecule has 0 unspecified atom stereocenters. The van der Waals surface area contributed by atoms with Crippen molar-refractivity contribution in [1.82, 2.24) is 4.98 Å². The van der Waals surface area contributed by atoms with Crippen molar-refractivity contribution in [3.8, 4) is 22.6 Å². The molecule has 122 valence electrons. The molecule has 0 aliphatic heterocycles. The van der Waals surface area contributed by atoms with Gasteiger partial charge in [-0.25, -0.2) is 4.98 Å². The maximum atomic E-state index is 12.2. The molecule has 23 heavy (non-hydrogen) atoms. The van der Waals surface area contributed by atoms with Gasteiger partial charge in [-0.15, -0.1) is 0 Å². The summed E-state index contributed by atoms with van der Waals surface area (Å²) in [5.74, 6) is 1.72. The number of nitrogens with zero attached hydrogens (tertiary/aromatic N) is 1. The third kappa shape index (κ3) is 3.80. The number of methoxy groups -OCH3 is 2. The highest BCUT2D eigenvalue weighted by Gasteiger charge is 2.22. The molecular formula is C18H22N2O3. The molecule has 0 saturated heterocycles. The molecule has 0 spiro atoms. The van der Waals surface area contributed by atoms with Gasteiger partial charge in [-0.3, -0.25) is 4.79 Å². The molecule has 1 heterocycles. The molecule has 1 amide bonds. The number of hydrogen-bond acceptors (Lipinski definition) is 4. The Hall–Kier alpha value is -2.56. The molecule has 1 N–H and O–H groups in total. The molecular weight excluding hydrogens is 292 g/mol. The fourth-order valence-corrected chi connectivity index (χ4v) is 2.04. The molecule has 0 bridgehead atoms. The van der Waals surface area contributed by atoms with Crippen LogP contribution in [0.3, 0.4) is 0 Å². The van der Waals surface area contributed by atoms with Gasteiger partial charge in [0.25, 0.3) is 0 Å². The molecule has 2 aromatic rings. The lowest BCUT2D eigenvalue weighted by atomic mass is 9.95. The SMILES string of the molecule is COc1ccc(-c2cccnc2NC(=O)C(C)(C)C)cc1OC. The summed E-state index contributed by atoms with van der Waals surface area (Å²) < 4.78 is 10.6. The minimum absolute atomic E-state index is 0.0853. The summed E-state index contributed by atoms with van der Waals surface area (Å²) in [6.07, 6.45) is 1.66. The lowest BCUT2D eigenvalue weighted by molar-refractivity contribution is -0.123. The quantitative estimate of drug-likeness (QED) is 0.933. The molecule has 5 nitrogen and oxygen atoms in total. The van der Waals surface area contributed by atoms with Gasteiger partial charge in [-0.2, -0.15) is 0 Å². The third-order valence-electron chi connectivity index (χ3n) is 3.42. The minimum Gasteiger partial charge on any atom is -0.493 e. The van der Waals surface area contributed by atoms with E-state index < -0.39 is 5.41 Å². The van der Waals surface area contributed by atoms with Gasteiger partial charge in [0.2, 0.25) is 5.91 Å². The van der Waals surface area contributed by atoms with Gasteiger partial charge in [0.1, 0.15) is 5.82 Å². The molecule has 0 atom stereocenters. The lowest BCUT2D eigenvalue weighted by Gasteiger charge is -2.19. The molecule has 0 aliphatic rings. The zero-order valence-electron chi connectivity index (χ0n) is 14.1. The number of carbonyl (C=O) groups is 1. The van der Waals surface area contributed by atoms with Crippen LogP contribution in [0.5, 0.6) is 11.5 Å². The first-order valence-corrected chi connectivity index (χ1v) is 7.35. The smallest absolute Gasteiger partial charge is 0.230 e. The van der Waals surface area contributed by atoms with Crippen molar-refractivity contribution < 1.29 is 14.3 Å². The average molecular weight is 314 g/mol. The monoisotopic (exact) mass is 314 g/mol. The van der Waals surface area contributed by atoms with Gasteiger partial charge in [-0.05, 0) is 29.8 Å². The number of hydrogen-bond donors (Lipinski definition) is 1.